The third-order valence-corrected chi connectivity index (χ3v) is 18.8. The van der Waals surface area contributed by atoms with Crippen molar-refractivity contribution in [1.29, 1.82) is 0 Å². The van der Waals surface area contributed by atoms with Crippen LogP contribution in [-0.2, 0) is 25.5 Å². The fourth-order valence-corrected chi connectivity index (χ4v) is 13.7. The average molecular weight is 1180 g/mol. The van der Waals surface area contributed by atoms with Gasteiger partial charge in [0.25, 0.3) is 17.4 Å². The molecule has 6 amide bonds. The lowest BCUT2D eigenvalue weighted by Crippen LogP contribution is -2.60. The monoisotopic (exact) mass is 1180 g/mol. The zero-order valence-electron chi connectivity index (χ0n) is 49.8. The lowest BCUT2D eigenvalue weighted by atomic mass is 9.89. The van der Waals surface area contributed by atoms with E-state index in [1.807, 2.05) is 64.4 Å². The number of ether oxygens (including phenoxy) is 1. The molecule has 0 bridgehead atoms. The van der Waals surface area contributed by atoms with Gasteiger partial charge in [0.2, 0.25) is 17.7 Å². The van der Waals surface area contributed by atoms with Gasteiger partial charge in [-0.15, -0.1) is 0 Å². The van der Waals surface area contributed by atoms with Gasteiger partial charge in [-0.05, 0) is 135 Å². The molecule has 1 unspecified atom stereocenters. The standard InChI is InChI=1S/C68H77FN10O8/c1-68(2,70-63(82)48-12-9-11-47(39-48)49-13-10-26-78(41-49)62(81)43-79(50-21-22-50)67(86)87-44-58-53-16-5-3-14-51(53)52-15-4-6-17-54(52)58)66(85)77-31-29-74(30-32-77)40-45-24-27-73(28-25-45)42-61(80)75-33-35-76(36-34-75)65(84)57-37-46(20-23-59(57)69)38-60-55-18-7-8-19-56(55)64(83)72-71-60/h3-9,11-12,14-20,23,37,39,45,49-50,58H,10,13,21-22,24-36,38,40-44H2,1-2H3,(H,70,82)(H,72,83). The summed E-state index contributed by atoms with van der Waals surface area (Å²) in [6.07, 6.45) is 5.06. The molecule has 18 nitrogen and oxygen atoms in total. The predicted molar refractivity (Wildman–Crippen MR) is 328 cm³/mol. The smallest absolute Gasteiger partial charge is 0.410 e. The highest BCUT2D eigenvalue weighted by molar-refractivity contribution is 5.99. The number of carbonyl (C=O) groups is 6. The number of likely N-dealkylation sites (tertiary alicyclic amines) is 2. The molecular weight excluding hydrogens is 1100 g/mol. The number of amides is 6. The Balaban J connectivity index is 0.554. The summed E-state index contributed by atoms with van der Waals surface area (Å²) in [6.45, 7) is 11.4. The van der Waals surface area contributed by atoms with Gasteiger partial charge >= 0.3 is 6.09 Å². The number of rotatable bonds is 16. The molecule has 5 aromatic carbocycles. The number of hydrogen-bond donors (Lipinski definition) is 2. The first kappa shape index (κ1) is 59.1. The Labute approximate surface area is 506 Å². The first-order valence-electron chi connectivity index (χ1n) is 31.0. The van der Waals surface area contributed by atoms with Crippen LogP contribution < -0.4 is 10.9 Å². The first-order valence-corrected chi connectivity index (χ1v) is 31.0. The van der Waals surface area contributed by atoms with Gasteiger partial charge in [-0.25, -0.2) is 14.3 Å². The van der Waals surface area contributed by atoms with Crippen LogP contribution in [0.15, 0.2) is 120 Å². The minimum absolute atomic E-state index is 0.00279. The topological polar surface area (TPSA) is 192 Å². The Morgan fingerprint density at radius 1 is 0.678 bits per heavy atom. The van der Waals surface area contributed by atoms with Crippen molar-refractivity contribution in [3.05, 3.63) is 171 Å². The number of nitrogens with zero attached hydrogens (tertiary/aromatic N) is 8. The number of hydrogen-bond acceptors (Lipinski definition) is 11. The van der Waals surface area contributed by atoms with Gasteiger partial charge in [0.1, 0.15) is 24.5 Å². The second kappa shape index (κ2) is 25.6. The Morgan fingerprint density at radius 3 is 2.06 bits per heavy atom. The predicted octanol–water partition coefficient (Wildman–Crippen LogP) is 7.12. The lowest BCUT2D eigenvalue weighted by Gasteiger charge is -2.41. The van der Waals surface area contributed by atoms with E-state index in [9.17, 15) is 33.6 Å². The van der Waals surface area contributed by atoms with Crippen LogP contribution in [0.4, 0.5) is 9.18 Å². The molecule has 6 aromatic rings. The fraction of sp³-hybridized carbons (Fsp3) is 0.441. The van der Waals surface area contributed by atoms with Gasteiger partial charge in [0.05, 0.1) is 23.2 Å². The molecule has 454 valence electrons. The van der Waals surface area contributed by atoms with Crippen LogP contribution in [-0.4, -0.2) is 196 Å². The number of benzene rings is 5. The van der Waals surface area contributed by atoms with Crippen LogP contribution in [0.25, 0.3) is 21.9 Å². The maximum Gasteiger partial charge on any atom is 0.410 e. The summed E-state index contributed by atoms with van der Waals surface area (Å²) in [5.41, 5.74) is 5.81. The van der Waals surface area contributed by atoms with Crippen LogP contribution >= 0.6 is 0 Å². The van der Waals surface area contributed by atoms with Crippen molar-refractivity contribution >= 4 is 46.4 Å². The van der Waals surface area contributed by atoms with Crippen LogP contribution in [0.3, 0.4) is 0 Å². The van der Waals surface area contributed by atoms with Crippen molar-refractivity contribution in [3.8, 4) is 11.1 Å². The van der Waals surface area contributed by atoms with Crippen molar-refractivity contribution in [1.82, 2.24) is 49.8 Å². The molecule has 6 aliphatic rings. The molecule has 1 aromatic heterocycles. The van der Waals surface area contributed by atoms with Crippen LogP contribution in [0, 0.1) is 11.7 Å². The normalized spacial score (nSPS) is 18.7. The van der Waals surface area contributed by atoms with Gasteiger partial charge in [-0.2, -0.15) is 5.10 Å². The van der Waals surface area contributed by atoms with Gasteiger partial charge in [0.15, 0.2) is 0 Å². The quantitative estimate of drug-likeness (QED) is 0.100. The zero-order chi connectivity index (χ0) is 60.3. The van der Waals surface area contributed by atoms with Crippen LogP contribution in [0.5, 0.6) is 0 Å². The highest BCUT2D eigenvalue weighted by Gasteiger charge is 2.40. The van der Waals surface area contributed by atoms with Crippen molar-refractivity contribution in [2.24, 2.45) is 5.92 Å². The average Bonchev–Trinajstić information content (AvgIpc) is 1.85. The summed E-state index contributed by atoms with van der Waals surface area (Å²) in [4.78, 5) is 108. The maximum absolute atomic E-state index is 15.2. The summed E-state index contributed by atoms with van der Waals surface area (Å²) in [5, 5.41) is 11.0. The molecule has 4 aliphatic heterocycles. The number of nitrogens with one attached hydrogen (secondary N) is 2. The molecule has 4 saturated heterocycles. The fourth-order valence-electron chi connectivity index (χ4n) is 13.7. The number of fused-ring (bicyclic) bond motifs is 4. The summed E-state index contributed by atoms with van der Waals surface area (Å²) >= 11 is 0. The summed E-state index contributed by atoms with van der Waals surface area (Å²) in [7, 11) is 0. The van der Waals surface area contributed by atoms with Crippen molar-refractivity contribution in [2.75, 3.05) is 105 Å². The van der Waals surface area contributed by atoms with E-state index in [1.165, 1.54) is 6.07 Å². The molecule has 12 rings (SSSR count). The van der Waals surface area contributed by atoms with Crippen LogP contribution in [0.2, 0.25) is 0 Å². The van der Waals surface area contributed by atoms with Crippen molar-refractivity contribution in [2.45, 2.75) is 82.2 Å². The Kier molecular flexibility index (Phi) is 17.4. The van der Waals surface area contributed by atoms with Crippen LogP contribution in [0.1, 0.15) is 113 Å². The summed E-state index contributed by atoms with van der Waals surface area (Å²) < 4.78 is 21.2. The largest absolute Gasteiger partial charge is 0.448 e. The second-order valence-corrected chi connectivity index (χ2v) is 25.1. The molecular formula is C68H77FN10O8. The molecule has 0 spiro atoms. The van der Waals surface area contributed by atoms with Crippen molar-refractivity contribution in [3.63, 3.8) is 0 Å². The first-order chi connectivity index (χ1) is 42.1. The number of aromatic nitrogens is 2. The van der Waals surface area contributed by atoms with E-state index in [0.29, 0.717) is 98.8 Å². The molecule has 0 radical (unpaired) electrons. The second-order valence-electron chi connectivity index (χ2n) is 25.1. The molecule has 19 heteroatoms. The summed E-state index contributed by atoms with van der Waals surface area (Å²) in [5.74, 6) is -1.22. The highest BCUT2D eigenvalue weighted by atomic mass is 19.1. The number of halogens is 1. The van der Waals surface area contributed by atoms with Gasteiger partial charge in [0, 0.05) is 107 Å². The Hall–Kier alpha value is -8.29. The molecule has 1 atom stereocenters. The highest BCUT2D eigenvalue weighted by Crippen LogP contribution is 2.45. The van der Waals surface area contributed by atoms with E-state index >= 15 is 4.39 Å². The number of piperazine rings is 2. The Morgan fingerprint density at radius 2 is 1.34 bits per heavy atom. The molecule has 2 N–H and O–H groups in total. The SMILES string of the molecule is CC(C)(NC(=O)c1cccc(C2CCCN(C(=O)CN(C(=O)OCC3c4ccccc4-c4ccccc43)C3CC3)C2)c1)C(=O)N1CCN(CC2CCN(CC(=O)N3CCN(C(=O)c4cc(Cc5n[nH]c(=O)c6ccccc56)ccc4F)CC3)CC2)CC1. The maximum atomic E-state index is 15.2. The zero-order valence-corrected chi connectivity index (χ0v) is 49.8. The summed E-state index contributed by atoms with van der Waals surface area (Å²) in [6, 6.07) is 35.6. The Bertz CT molecular complexity index is 3590. The number of piperidine rings is 2. The minimum atomic E-state index is -1.16. The third kappa shape index (κ3) is 13.2. The van der Waals surface area contributed by atoms with E-state index < -0.39 is 23.4 Å². The van der Waals surface area contributed by atoms with E-state index in [1.54, 1.807) is 58.9 Å². The molecule has 2 aliphatic carbocycles. The van der Waals surface area contributed by atoms with E-state index in [4.69, 9.17) is 4.74 Å². The van der Waals surface area contributed by atoms with Gasteiger partial charge in [-0.1, -0.05) is 84.9 Å². The molecule has 5 fully saturated rings. The number of H-pyrrole nitrogens is 1. The van der Waals surface area contributed by atoms with E-state index in [2.05, 4.69) is 49.6 Å². The van der Waals surface area contributed by atoms with E-state index in [-0.39, 0.29) is 65.8 Å². The van der Waals surface area contributed by atoms with E-state index in [0.717, 1.165) is 99.1 Å². The lowest BCUT2D eigenvalue weighted by molar-refractivity contribution is -0.139. The van der Waals surface area contributed by atoms with Gasteiger partial charge in [-0.3, -0.25) is 43.5 Å². The number of aromatic amines is 1. The van der Waals surface area contributed by atoms with Crippen molar-refractivity contribution < 1.29 is 37.9 Å². The molecule has 1 saturated carbocycles. The minimum Gasteiger partial charge on any atom is -0.448 e. The molecule has 5 heterocycles. The molecule has 87 heavy (non-hydrogen) atoms. The van der Waals surface area contributed by atoms with Gasteiger partial charge < -0.3 is 29.7 Å². The third-order valence-electron chi connectivity index (χ3n) is 18.8. The number of carbonyl (C=O) groups excluding carboxylic acids is 6.